The number of benzene rings is 2. The van der Waals surface area contributed by atoms with Crippen LogP contribution in [0, 0.1) is 5.41 Å². The number of carbonyl (C=O) groups is 3. The van der Waals surface area contributed by atoms with Crippen LogP contribution in [0.2, 0.25) is 0 Å². The SMILES string of the molecule is CC1(C(=O)N[C@H](Cc2c[nH]c3ccccc23)C(=O)N2CCCC3(Cc4ccccc4N3C(N)=O)C2)CCNCC1. The summed E-state index contributed by atoms with van der Waals surface area (Å²) < 4.78 is 0. The zero-order valence-corrected chi connectivity index (χ0v) is 23.0. The molecule has 210 valence electrons. The largest absolute Gasteiger partial charge is 0.361 e. The number of likely N-dealkylation sites (tertiary alicyclic amines) is 1. The summed E-state index contributed by atoms with van der Waals surface area (Å²) in [7, 11) is 0. The Morgan fingerprint density at radius 2 is 1.80 bits per heavy atom. The molecule has 1 aromatic heterocycles. The van der Waals surface area contributed by atoms with E-state index < -0.39 is 23.0 Å². The summed E-state index contributed by atoms with van der Waals surface area (Å²) >= 11 is 0. The summed E-state index contributed by atoms with van der Waals surface area (Å²) in [6, 6.07) is 14.6. The summed E-state index contributed by atoms with van der Waals surface area (Å²) in [4.78, 5) is 47.6. The van der Waals surface area contributed by atoms with Crippen molar-refractivity contribution < 1.29 is 14.4 Å². The molecule has 3 aromatic rings. The van der Waals surface area contributed by atoms with Gasteiger partial charge in [0.2, 0.25) is 11.8 Å². The first-order valence-electron chi connectivity index (χ1n) is 14.3. The second-order valence-corrected chi connectivity index (χ2v) is 12.0. The van der Waals surface area contributed by atoms with Crippen molar-refractivity contribution in [3.05, 3.63) is 65.9 Å². The highest BCUT2D eigenvalue weighted by Crippen LogP contribution is 2.43. The second kappa shape index (κ2) is 10.3. The molecule has 0 radical (unpaired) electrons. The maximum atomic E-state index is 14.3. The quantitative estimate of drug-likeness (QED) is 0.396. The van der Waals surface area contributed by atoms with Gasteiger partial charge in [0.05, 0.1) is 5.54 Å². The molecule has 4 heterocycles. The first kappa shape index (κ1) is 26.4. The predicted octanol–water partition coefficient (Wildman–Crippen LogP) is 3.09. The zero-order valence-electron chi connectivity index (χ0n) is 23.0. The molecule has 0 bridgehead atoms. The number of primary amides is 1. The molecule has 6 rings (SSSR count). The Kier molecular flexibility index (Phi) is 6.78. The molecule has 9 heteroatoms. The minimum Gasteiger partial charge on any atom is -0.361 e. The molecule has 0 aliphatic carbocycles. The van der Waals surface area contributed by atoms with E-state index in [1.807, 2.05) is 66.6 Å². The molecule has 3 aliphatic rings. The molecular formula is C31H38N6O3. The molecule has 3 aliphatic heterocycles. The fraction of sp³-hybridized carbons (Fsp3) is 0.452. The van der Waals surface area contributed by atoms with E-state index in [0.717, 1.165) is 66.5 Å². The fourth-order valence-corrected chi connectivity index (χ4v) is 7.03. The number of hydrogen-bond acceptors (Lipinski definition) is 4. The van der Waals surface area contributed by atoms with Crippen LogP contribution >= 0.6 is 0 Å². The first-order valence-corrected chi connectivity index (χ1v) is 14.3. The highest BCUT2D eigenvalue weighted by Gasteiger charge is 2.50. The highest BCUT2D eigenvalue weighted by atomic mass is 16.2. The summed E-state index contributed by atoms with van der Waals surface area (Å²) in [5.74, 6) is -0.193. The van der Waals surface area contributed by atoms with Gasteiger partial charge in [-0.15, -0.1) is 0 Å². The summed E-state index contributed by atoms with van der Waals surface area (Å²) in [6.45, 7) is 4.51. The maximum Gasteiger partial charge on any atom is 0.319 e. The van der Waals surface area contributed by atoms with Crippen molar-refractivity contribution in [1.82, 2.24) is 20.5 Å². The standard InChI is InChI=1S/C31H38N6O3/c1-30(12-14-33-15-13-30)28(39)35-25(17-22-19-34-24-9-4-3-8-23(22)24)27(38)36-16-6-11-31(20-36)18-21-7-2-5-10-26(21)37(31)29(32)40/h2-5,7-10,19,25,33-34H,6,11-18,20H2,1H3,(H2,32,40)(H,35,39)/t25-,31?/m1/s1. The number of aromatic nitrogens is 1. The van der Waals surface area contributed by atoms with Crippen LogP contribution in [0.15, 0.2) is 54.7 Å². The summed E-state index contributed by atoms with van der Waals surface area (Å²) in [5.41, 5.74) is 8.70. The molecule has 0 saturated carbocycles. The Bertz CT molecular complexity index is 1440. The minimum atomic E-state index is -0.723. The van der Waals surface area contributed by atoms with Crippen molar-refractivity contribution in [3.63, 3.8) is 0 Å². The summed E-state index contributed by atoms with van der Waals surface area (Å²) in [5, 5.41) is 7.55. The number of piperidine rings is 2. The molecule has 4 amide bonds. The van der Waals surface area contributed by atoms with Crippen molar-refractivity contribution in [1.29, 1.82) is 0 Å². The Labute approximate surface area is 234 Å². The van der Waals surface area contributed by atoms with Crippen LogP contribution in [0.1, 0.15) is 43.7 Å². The van der Waals surface area contributed by atoms with E-state index in [1.165, 1.54) is 0 Å². The number of anilines is 1. The van der Waals surface area contributed by atoms with Gasteiger partial charge in [0.15, 0.2) is 0 Å². The number of para-hydroxylation sites is 2. The fourth-order valence-electron chi connectivity index (χ4n) is 7.03. The van der Waals surface area contributed by atoms with Gasteiger partial charge in [0.1, 0.15) is 6.04 Å². The lowest BCUT2D eigenvalue weighted by molar-refractivity contribution is -0.141. The van der Waals surface area contributed by atoms with E-state index in [4.69, 9.17) is 5.73 Å². The second-order valence-electron chi connectivity index (χ2n) is 12.0. The Morgan fingerprint density at radius 1 is 1.05 bits per heavy atom. The van der Waals surface area contributed by atoms with Crippen LogP contribution in [-0.4, -0.2) is 65.5 Å². The topological polar surface area (TPSA) is 124 Å². The van der Waals surface area contributed by atoms with Crippen molar-refractivity contribution in [2.75, 3.05) is 31.1 Å². The molecule has 1 unspecified atom stereocenters. The molecule has 2 atom stereocenters. The molecule has 9 nitrogen and oxygen atoms in total. The van der Waals surface area contributed by atoms with E-state index >= 15 is 0 Å². The molecule has 2 saturated heterocycles. The van der Waals surface area contributed by atoms with Crippen LogP contribution < -0.4 is 21.3 Å². The van der Waals surface area contributed by atoms with Crippen molar-refractivity contribution in [2.45, 2.75) is 57.0 Å². The van der Waals surface area contributed by atoms with Crippen molar-refractivity contribution in [2.24, 2.45) is 11.1 Å². The predicted molar refractivity (Wildman–Crippen MR) is 155 cm³/mol. The van der Waals surface area contributed by atoms with Gasteiger partial charge >= 0.3 is 6.03 Å². The number of nitrogens with two attached hydrogens (primary N) is 1. The molecule has 2 aromatic carbocycles. The van der Waals surface area contributed by atoms with Gasteiger partial charge in [0, 0.05) is 47.7 Å². The number of nitrogens with one attached hydrogen (secondary N) is 3. The average Bonchev–Trinajstić information content (AvgIpc) is 3.50. The molecular weight excluding hydrogens is 504 g/mol. The van der Waals surface area contributed by atoms with Gasteiger partial charge in [-0.1, -0.05) is 43.3 Å². The zero-order chi connectivity index (χ0) is 27.9. The van der Waals surface area contributed by atoms with Gasteiger partial charge in [-0.2, -0.15) is 0 Å². The molecule has 1 spiro atoms. The first-order chi connectivity index (χ1) is 19.3. The number of H-pyrrole nitrogens is 1. The number of fused-ring (bicyclic) bond motifs is 2. The van der Waals surface area contributed by atoms with Crippen LogP contribution in [0.5, 0.6) is 0 Å². The third kappa shape index (κ3) is 4.62. The third-order valence-corrected chi connectivity index (χ3v) is 9.27. The lowest BCUT2D eigenvalue weighted by Crippen LogP contribution is -2.64. The Balaban J connectivity index is 1.29. The lowest BCUT2D eigenvalue weighted by Gasteiger charge is -2.46. The third-order valence-electron chi connectivity index (χ3n) is 9.27. The van der Waals surface area contributed by atoms with E-state index in [0.29, 0.717) is 25.9 Å². The van der Waals surface area contributed by atoms with Crippen LogP contribution in [0.4, 0.5) is 10.5 Å². The van der Waals surface area contributed by atoms with Gasteiger partial charge < -0.3 is 26.3 Å². The number of carbonyl (C=O) groups excluding carboxylic acids is 3. The average molecular weight is 543 g/mol. The van der Waals surface area contributed by atoms with E-state index in [9.17, 15) is 14.4 Å². The van der Waals surface area contributed by atoms with Gasteiger partial charge in [0.25, 0.3) is 0 Å². The molecule has 5 N–H and O–H groups in total. The lowest BCUT2D eigenvalue weighted by atomic mass is 9.79. The van der Waals surface area contributed by atoms with Crippen molar-refractivity contribution in [3.8, 4) is 0 Å². The maximum absolute atomic E-state index is 14.3. The highest BCUT2D eigenvalue weighted by molar-refractivity contribution is 5.96. The van der Waals surface area contributed by atoms with Crippen LogP contribution in [0.25, 0.3) is 10.9 Å². The number of rotatable bonds is 5. The number of amides is 4. The molecule has 2 fully saturated rings. The summed E-state index contributed by atoms with van der Waals surface area (Å²) in [6.07, 6.45) is 5.94. The minimum absolute atomic E-state index is 0.0778. The van der Waals surface area contributed by atoms with Gasteiger partial charge in [-0.05, 0) is 68.5 Å². The number of nitrogens with zero attached hydrogens (tertiary/aromatic N) is 2. The Hall–Kier alpha value is -3.85. The van der Waals surface area contributed by atoms with Crippen LogP contribution in [-0.2, 0) is 22.4 Å². The smallest absolute Gasteiger partial charge is 0.319 e. The number of urea groups is 1. The van der Waals surface area contributed by atoms with Gasteiger partial charge in [-0.25, -0.2) is 4.79 Å². The monoisotopic (exact) mass is 542 g/mol. The number of aromatic amines is 1. The number of hydrogen-bond donors (Lipinski definition) is 4. The van der Waals surface area contributed by atoms with Gasteiger partial charge in [-0.3, -0.25) is 14.5 Å². The van der Waals surface area contributed by atoms with E-state index in [-0.39, 0.29) is 11.8 Å². The van der Waals surface area contributed by atoms with E-state index in [2.05, 4.69) is 15.6 Å². The van der Waals surface area contributed by atoms with Crippen LogP contribution in [0.3, 0.4) is 0 Å². The normalized spacial score (nSPS) is 22.7. The molecule has 40 heavy (non-hydrogen) atoms. The van der Waals surface area contributed by atoms with Crippen molar-refractivity contribution >= 4 is 34.4 Å². The Morgan fingerprint density at radius 3 is 2.60 bits per heavy atom. The van der Waals surface area contributed by atoms with E-state index in [1.54, 1.807) is 4.90 Å².